The molecular weight excluding hydrogens is 518 g/mol. The Labute approximate surface area is 210 Å². The summed E-state index contributed by atoms with van der Waals surface area (Å²) < 4.78 is 7.88. The number of amides is 2. The second-order valence-corrected chi connectivity index (χ2v) is 8.99. The number of nitrogens with zero attached hydrogens (tertiary/aromatic N) is 2. The predicted octanol–water partition coefficient (Wildman–Crippen LogP) is 4.61. The van der Waals surface area contributed by atoms with Gasteiger partial charge in [0.05, 0.1) is 5.69 Å². The van der Waals surface area contributed by atoms with E-state index in [1.54, 1.807) is 36.4 Å². The molecule has 3 aromatic rings. The predicted molar refractivity (Wildman–Crippen MR) is 137 cm³/mol. The second kappa shape index (κ2) is 9.36. The number of benzene rings is 2. The molecule has 7 nitrogen and oxygen atoms in total. The van der Waals surface area contributed by atoms with Crippen LogP contribution in [0.15, 0.2) is 64.6 Å². The van der Waals surface area contributed by atoms with E-state index in [-0.39, 0.29) is 16.7 Å². The molecule has 1 aromatic heterocycles. The van der Waals surface area contributed by atoms with E-state index < -0.39 is 11.8 Å². The molecule has 0 atom stereocenters. The number of ether oxygens (including phenoxy) is 1. The SMILES string of the molecule is CC(=O)Oc1ccc(-n2c(C)cc(/C=C3\C(=O)NC(=S)N(c4cccc(Br)c4)C3=O)c2C)cc1. The topological polar surface area (TPSA) is 80.6 Å². The second-order valence-electron chi connectivity index (χ2n) is 7.69. The molecule has 34 heavy (non-hydrogen) atoms. The van der Waals surface area contributed by atoms with E-state index in [0.717, 1.165) is 27.1 Å². The summed E-state index contributed by atoms with van der Waals surface area (Å²) in [4.78, 5) is 38.5. The Morgan fingerprint density at radius 2 is 1.76 bits per heavy atom. The summed E-state index contributed by atoms with van der Waals surface area (Å²) >= 11 is 8.67. The quantitative estimate of drug-likeness (QED) is 0.173. The average molecular weight is 538 g/mol. The number of aryl methyl sites for hydroxylation is 1. The van der Waals surface area contributed by atoms with Crippen LogP contribution in [-0.4, -0.2) is 27.5 Å². The number of carbonyl (C=O) groups is 3. The number of carbonyl (C=O) groups excluding carboxylic acids is 3. The Morgan fingerprint density at radius 1 is 1.06 bits per heavy atom. The van der Waals surface area contributed by atoms with E-state index in [1.165, 1.54) is 11.8 Å². The minimum Gasteiger partial charge on any atom is -0.427 e. The number of anilines is 1. The number of thiocarbonyl (C=S) groups is 1. The summed E-state index contributed by atoms with van der Waals surface area (Å²) in [7, 11) is 0. The van der Waals surface area contributed by atoms with Crippen LogP contribution in [0.3, 0.4) is 0 Å². The van der Waals surface area contributed by atoms with Gasteiger partial charge in [-0.1, -0.05) is 22.0 Å². The molecule has 0 radical (unpaired) electrons. The Hall–Kier alpha value is -3.56. The van der Waals surface area contributed by atoms with Gasteiger partial charge in [0, 0.05) is 28.5 Å². The standard InChI is InChI=1S/C25H20BrN3O4S/c1-14-11-17(15(2)28(14)19-7-9-21(10-8-19)33-16(3)30)12-22-23(31)27-25(34)29(24(22)32)20-6-4-5-18(26)13-20/h4-13H,1-3H3,(H,27,31,34)/b22-12+. The molecule has 2 heterocycles. The highest BCUT2D eigenvalue weighted by Crippen LogP contribution is 2.28. The number of esters is 1. The zero-order chi connectivity index (χ0) is 24.6. The van der Waals surface area contributed by atoms with Crippen molar-refractivity contribution in [2.45, 2.75) is 20.8 Å². The fourth-order valence-electron chi connectivity index (χ4n) is 3.82. The average Bonchev–Trinajstić information content (AvgIpc) is 3.04. The molecule has 0 aliphatic carbocycles. The Balaban J connectivity index is 1.71. The minimum atomic E-state index is -0.545. The molecular formula is C25H20BrN3O4S. The van der Waals surface area contributed by atoms with Crippen LogP contribution in [0.25, 0.3) is 11.8 Å². The molecule has 0 bridgehead atoms. The third-order valence-corrected chi connectivity index (χ3v) is 6.07. The third-order valence-electron chi connectivity index (χ3n) is 5.29. The van der Waals surface area contributed by atoms with Crippen LogP contribution in [0.2, 0.25) is 0 Å². The summed E-state index contributed by atoms with van der Waals surface area (Å²) in [5.74, 6) is -0.977. The lowest BCUT2D eigenvalue weighted by Crippen LogP contribution is -2.54. The summed E-state index contributed by atoms with van der Waals surface area (Å²) in [5, 5.41) is 2.64. The summed E-state index contributed by atoms with van der Waals surface area (Å²) in [5.41, 5.74) is 3.86. The van der Waals surface area contributed by atoms with Crippen molar-refractivity contribution in [1.29, 1.82) is 0 Å². The Bertz CT molecular complexity index is 1380. The lowest BCUT2D eigenvalue weighted by atomic mass is 10.1. The first kappa shape index (κ1) is 23.6. The molecule has 1 aliphatic rings. The van der Waals surface area contributed by atoms with Gasteiger partial charge in [-0.05, 0) is 86.2 Å². The third kappa shape index (κ3) is 4.57. The maximum absolute atomic E-state index is 13.3. The monoisotopic (exact) mass is 537 g/mol. The molecule has 0 spiro atoms. The summed E-state index contributed by atoms with van der Waals surface area (Å²) in [6.07, 6.45) is 1.58. The lowest BCUT2D eigenvalue weighted by molar-refractivity contribution is -0.132. The van der Waals surface area contributed by atoms with Gasteiger partial charge in [0.2, 0.25) is 0 Å². The smallest absolute Gasteiger partial charge is 0.308 e. The Morgan fingerprint density at radius 3 is 2.41 bits per heavy atom. The van der Waals surface area contributed by atoms with Crippen LogP contribution in [0.4, 0.5) is 5.69 Å². The van der Waals surface area contributed by atoms with Gasteiger partial charge in [0.25, 0.3) is 11.8 Å². The number of halogens is 1. The van der Waals surface area contributed by atoms with Crippen LogP contribution in [0, 0.1) is 13.8 Å². The molecule has 1 N–H and O–H groups in total. The van der Waals surface area contributed by atoms with Crippen LogP contribution in [0.5, 0.6) is 5.75 Å². The fourth-order valence-corrected chi connectivity index (χ4v) is 4.49. The molecule has 2 amide bonds. The number of hydrogen-bond donors (Lipinski definition) is 1. The zero-order valence-electron chi connectivity index (χ0n) is 18.6. The van der Waals surface area contributed by atoms with Crippen LogP contribution < -0.4 is 15.0 Å². The van der Waals surface area contributed by atoms with Crippen molar-refractivity contribution in [2.75, 3.05) is 4.90 Å². The van der Waals surface area contributed by atoms with Crippen LogP contribution >= 0.6 is 28.1 Å². The van der Waals surface area contributed by atoms with Gasteiger partial charge in [-0.3, -0.25) is 24.6 Å². The van der Waals surface area contributed by atoms with E-state index in [9.17, 15) is 14.4 Å². The zero-order valence-corrected chi connectivity index (χ0v) is 21.0. The first-order valence-electron chi connectivity index (χ1n) is 10.3. The molecule has 4 rings (SSSR count). The van der Waals surface area contributed by atoms with E-state index in [0.29, 0.717) is 11.4 Å². The molecule has 9 heteroatoms. The van der Waals surface area contributed by atoms with Gasteiger partial charge in [-0.15, -0.1) is 0 Å². The summed E-state index contributed by atoms with van der Waals surface area (Å²) in [6, 6.07) is 16.1. The van der Waals surface area contributed by atoms with Gasteiger partial charge < -0.3 is 9.30 Å². The lowest BCUT2D eigenvalue weighted by Gasteiger charge is -2.29. The van der Waals surface area contributed by atoms with Crippen molar-refractivity contribution >= 4 is 62.8 Å². The molecule has 1 saturated heterocycles. The first-order valence-corrected chi connectivity index (χ1v) is 11.5. The normalized spacial score (nSPS) is 15.0. The molecule has 0 unspecified atom stereocenters. The molecule has 0 saturated carbocycles. The van der Waals surface area contributed by atoms with Gasteiger partial charge >= 0.3 is 5.97 Å². The van der Waals surface area contributed by atoms with Gasteiger partial charge in [-0.2, -0.15) is 0 Å². The maximum Gasteiger partial charge on any atom is 0.308 e. The first-order chi connectivity index (χ1) is 16.2. The molecule has 1 fully saturated rings. The van der Waals surface area contributed by atoms with E-state index in [1.807, 2.05) is 42.7 Å². The van der Waals surface area contributed by atoms with Crippen molar-refractivity contribution in [3.8, 4) is 11.4 Å². The van der Waals surface area contributed by atoms with Crippen molar-refractivity contribution in [3.63, 3.8) is 0 Å². The number of hydrogen-bond acceptors (Lipinski definition) is 5. The van der Waals surface area contributed by atoms with E-state index >= 15 is 0 Å². The van der Waals surface area contributed by atoms with Gasteiger partial charge in [0.15, 0.2) is 5.11 Å². The minimum absolute atomic E-state index is 0.0148. The highest BCUT2D eigenvalue weighted by Gasteiger charge is 2.34. The van der Waals surface area contributed by atoms with Gasteiger partial charge in [-0.25, -0.2) is 0 Å². The van der Waals surface area contributed by atoms with E-state index in [2.05, 4.69) is 21.2 Å². The van der Waals surface area contributed by atoms with Crippen molar-refractivity contribution in [3.05, 3.63) is 81.6 Å². The molecule has 1 aliphatic heterocycles. The van der Waals surface area contributed by atoms with Crippen molar-refractivity contribution in [2.24, 2.45) is 0 Å². The number of rotatable bonds is 4. The summed E-state index contributed by atoms with van der Waals surface area (Å²) in [6.45, 7) is 5.18. The number of aromatic nitrogens is 1. The van der Waals surface area contributed by atoms with Crippen LogP contribution in [0.1, 0.15) is 23.9 Å². The highest BCUT2D eigenvalue weighted by molar-refractivity contribution is 9.10. The van der Waals surface area contributed by atoms with E-state index in [4.69, 9.17) is 17.0 Å². The highest BCUT2D eigenvalue weighted by atomic mass is 79.9. The largest absolute Gasteiger partial charge is 0.427 e. The molecule has 172 valence electrons. The van der Waals surface area contributed by atoms with Crippen LogP contribution in [-0.2, 0) is 14.4 Å². The fraction of sp³-hybridized carbons (Fsp3) is 0.120. The molecule has 2 aromatic carbocycles. The Kier molecular flexibility index (Phi) is 6.49. The maximum atomic E-state index is 13.3. The number of nitrogens with one attached hydrogen (secondary N) is 1. The van der Waals surface area contributed by atoms with Crippen molar-refractivity contribution < 1.29 is 19.1 Å². The van der Waals surface area contributed by atoms with Crippen molar-refractivity contribution in [1.82, 2.24) is 9.88 Å². The van der Waals surface area contributed by atoms with Gasteiger partial charge in [0.1, 0.15) is 11.3 Å².